The third-order valence-corrected chi connectivity index (χ3v) is 3.81. The predicted octanol–water partition coefficient (Wildman–Crippen LogP) is 3.44. The molecule has 1 aromatic heterocycles. The third-order valence-electron chi connectivity index (χ3n) is 3.81. The number of carboxylic acid groups (broad SMARTS) is 1. The van der Waals surface area contributed by atoms with Gasteiger partial charge in [0.2, 0.25) is 0 Å². The van der Waals surface area contributed by atoms with Crippen LogP contribution in [0.2, 0.25) is 0 Å². The highest BCUT2D eigenvalue weighted by Crippen LogP contribution is 2.21. The van der Waals surface area contributed by atoms with E-state index in [4.69, 9.17) is 0 Å². The summed E-state index contributed by atoms with van der Waals surface area (Å²) in [5.74, 6) is -1.55. The Balaban J connectivity index is 1.94. The summed E-state index contributed by atoms with van der Waals surface area (Å²) < 4.78 is 1.30. The van der Waals surface area contributed by atoms with E-state index in [-0.39, 0.29) is 17.3 Å². The molecule has 6 nitrogen and oxygen atoms in total. The van der Waals surface area contributed by atoms with Gasteiger partial charge in [-0.25, -0.2) is 9.48 Å². The lowest BCUT2D eigenvalue weighted by molar-refractivity contribution is 0.0688. The van der Waals surface area contributed by atoms with Crippen LogP contribution in [0.3, 0.4) is 0 Å². The normalized spacial score (nSPS) is 10.5. The highest BCUT2D eigenvalue weighted by molar-refractivity contribution is 6.07. The van der Waals surface area contributed by atoms with Crippen molar-refractivity contribution in [1.82, 2.24) is 9.78 Å². The maximum atomic E-state index is 12.3. The van der Waals surface area contributed by atoms with Gasteiger partial charge >= 0.3 is 5.97 Å². The molecule has 0 spiro atoms. The van der Waals surface area contributed by atoms with E-state index < -0.39 is 5.97 Å². The largest absolute Gasteiger partial charge is 0.476 e. The molecule has 3 aromatic rings. The number of aromatic carboxylic acids is 1. The van der Waals surface area contributed by atoms with E-state index in [1.165, 1.54) is 10.9 Å². The van der Waals surface area contributed by atoms with Crippen molar-refractivity contribution in [2.45, 2.75) is 13.8 Å². The summed E-state index contributed by atoms with van der Waals surface area (Å²) in [5, 5.41) is 16.3. The zero-order valence-electron chi connectivity index (χ0n) is 13.9. The van der Waals surface area contributed by atoms with Crippen LogP contribution in [-0.4, -0.2) is 26.8 Å². The van der Waals surface area contributed by atoms with Crippen LogP contribution in [0, 0.1) is 13.8 Å². The van der Waals surface area contributed by atoms with Crippen molar-refractivity contribution in [3.63, 3.8) is 0 Å². The van der Waals surface area contributed by atoms with Crippen LogP contribution in [0.1, 0.15) is 32.0 Å². The number of amides is 1. The molecule has 0 unspecified atom stereocenters. The zero-order chi connectivity index (χ0) is 18.0. The Kier molecular flexibility index (Phi) is 4.35. The fourth-order valence-corrected chi connectivity index (χ4v) is 2.43. The number of rotatable bonds is 4. The van der Waals surface area contributed by atoms with Gasteiger partial charge in [0, 0.05) is 5.56 Å². The van der Waals surface area contributed by atoms with E-state index in [1.54, 1.807) is 24.3 Å². The van der Waals surface area contributed by atoms with E-state index in [1.807, 2.05) is 38.1 Å². The van der Waals surface area contributed by atoms with Crippen molar-refractivity contribution in [2.24, 2.45) is 0 Å². The van der Waals surface area contributed by atoms with E-state index in [0.717, 1.165) is 11.1 Å². The van der Waals surface area contributed by atoms with Gasteiger partial charge in [0.05, 0.1) is 17.6 Å². The zero-order valence-corrected chi connectivity index (χ0v) is 13.9. The molecular weight excluding hydrogens is 318 g/mol. The van der Waals surface area contributed by atoms with E-state index in [9.17, 15) is 14.7 Å². The summed E-state index contributed by atoms with van der Waals surface area (Å²) >= 11 is 0. The summed E-state index contributed by atoms with van der Waals surface area (Å²) in [7, 11) is 0. The molecule has 0 aliphatic rings. The average molecular weight is 335 g/mol. The molecule has 0 bridgehead atoms. The first-order valence-electron chi connectivity index (χ1n) is 7.72. The SMILES string of the molecule is Cc1ccc(C(=O)Nc2cnn(-c3ccc(C)cc3)c2C(=O)O)cc1. The van der Waals surface area contributed by atoms with E-state index in [0.29, 0.717) is 11.3 Å². The van der Waals surface area contributed by atoms with Crippen molar-refractivity contribution in [2.75, 3.05) is 5.32 Å². The molecule has 0 aliphatic carbocycles. The summed E-state index contributed by atoms with van der Waals surface area (Å²) in [5.41, 5.74) is 3.21. The fourth-order valence-electron chi connectivity index (χ4n) is 2.43. The first kappa shape index (κ1) is 16.4. The minimum atomic E-state index is -1.17. The van der Waals surface area contributed by atoms with Gasteiger partial charge in [-0.3, -0.25) is 4.79 Å². The lowest BCUT2D eigenvalue weighted by Gasteiger charge is -2.08. The van der Waals surface area contributed by atoms with Crippen molar-refractivity contribution < 1.29 is 14.7 Å². The maximum Gasteiger partial charge on any atom is 0.356 e. The maximum absolute atomic E-state index is 12.3. The number of carbonyl (C=O) groups is 2. The highest BCUT2D eigenvalue weighted by atomic mass is 16.4. The number of nitrogens with one attached hydrogen (secondary N) is 1. The number of hydrogen-bond acceptors (Lipinski definition) is 3. The summed E-state index contributed by atoms with van der Waals surface area (Å²) in [4.78, 5) is 24.0. The molecule has 0 radical (unpaired) electrons. The van der Waals surface area contributed by atoms with Crippen molar-refractivity contribution in [3.8, 4) is 5.69 Å². The predicted molar refractivity (Wildman–Crippen MR) is 94.4 cm³/mol. The summed E-state index contributed by atoms with van der Waals surface area (Å²) in [6.07, 6.45) is 1.34. The van der Waals surface area contributed by atoms with Gasteiger partial charge in [0.1, 0.15) is 0 Å². The number of carboxylic acids is 1. The van der Waals surface area contributed by atoms with Crippen LogP contribution in [0.4, 0.5) is 5.69 Å². The Hall–Kier alpha value is -3.41. The second-order valence-corrected chi connectivity index (χ2v) is 5.78. The number of carbonyl (C=O) groups excluding carboxylic acids is 1. The van der Waals surface area contributed by atoms with E-state index >= 15 is 0 Å². The topological polar surface area (TPSA) is 84.2 Å². The lowest BCUT2D eigenvalue weighted by Crippen LogP contribution is -2.16. The molecule has 3 rings (SSSR count). The molecule has 0 saturated carbocycles. The average Bonchev–Trinajstić information content (AvgIpc) is 3.00. The third kappa shape index (κ3) is 3.42. The first-order chi connectivity index (χ1) is 12.0. The fraction of sp³-hybridized carbons (Fsp3) is 0.105. The molecule has 6 heteroatoms. The molecule has 1 heterocycles. The van der Waals surface area contributed by atoms with Gasteiger partial charge in [-0.2, -0.15) is 5.10 Å². The Labute approximate surface area is 144 Å². The lowest BCUT2D eigenvalue weighted by atomic mass is 10.1. The van der Waals surface area contributed by atoms with Crippen molar-refractivity contribution >= 4 is 17.6 Å². The second-order valence-electron chi connectivity index (χ2n) is 5.78. The van der Waals surface area contributed by atoms with Crippen LogP contribution < -0.4 is 5.32 Å². The minimum absolute atomic E-state index is 0.0932. The number of hydrogen-bond donors (Lipinski definition) is 2. The standard InChI is InChI=1S/C19H17N3O3/c1-12-3-7-14(8-4-12)18(23)21-16-11-20-22(17(16)19(24)25)15-9-5-13(2)6-10-15/h3-11H,1-2H3,(H,21,23)(H,24,25). The smallest absolute Gasteiger partial charge is 0.356 e. The Morgan fingerprint density at radius 1 is 0.960 bits per heavy atom. The van der Waals surface area contributed by atoms with E-state index in [2.05, 4.69) is 10.4 Å². The van der Waals surface area contributed by atoms with Crippen LogP contribution >= 0.6 is 0 Å². The van der Waals surface area contributed by atoms with Gasteiger partial charge < -0.3 is 10.4 Å². The number of aromatic nitrogens is 2. The molecule has 2 N–H and O–H groups in total. The molecule has 0 aliphatic heterocycles. The monoisotopic (exact) mass is 335 g/mol. The number of nitrogens with zero attached hydrogens (tertiary/aromatic N) is 2. The Bertz CT molecular complexity index is 926. The van der Waals surface area contributed by atoms with Gasteiger partial charge in [-0.15, -0.1) is 0 Å². The Morgan fingerprint density at radius 2 is 1.52 bits per heavy atom. The molecule has 1 amide bonds. The van der Waals surface area contributed by atoms with Crippen molar-refractivity contribution in [1.29, 1.82) is 0 Å². The molecular formula is C19H17N3O3. The van der Waals surface area contributed by atoms with Gasteiger partial charge in [0.25, 0.3) is 5.91 Å². The molecule has 0 fully saturated rings. The van der Waals surface area contributed by atoms with Crippen LogP contribution in [0.25, 0.3) is 5.69 Å². The quantitative estimate of drug-likeness (QED) is 0.765. The van der Waals surface area contributed by atoms with Gasteiger partial charge in [-0.1, -0.05) is 35.4 Å². The van der Waals surface area contributed by atoms with Crippen LogP contribution in [-0.2, 0) is 0 Å². The molecule has 2 aromatic carbocycles. The second kappa shape index (κ2) is 6.60. The van der Waals surface area contributed by atoms with Crippen LogP contribution in [0.15, 0.2) is 54.7 Å². The number of anilines is 1. The number of benzene rings is 2. The van der Waals surface area contributed by atoms with Gasteiger partial charge in [-0.05, 0) is 38.1 Å². The molecule has 126 valence electrons. The minimum Gasteiger partial charge on any atom is -0.476 e. The summed E-state index contributed by atoms with van der Waals surface area (Å²) in [6, 6.07) is 14.3. The molecule has 25 heavy (non-hydrogen) atoms. The summed E-state index contributed by atoms with van der Waals surface area (Å²) in [6.45, 7) is 3.87. The molecule has 0 saturated heterocycles. The van der Waals surface area contributed by atoms with Gasteiger partial charge in [0.15, 0.2) is 5.69 Å². The highest BCUT2D eigenvalue weighted by Gasteiger charge is 2.21. The van der Waals surface area contributed by atoms with Crippen LogP contribution in [0.5, 0.6) is 0 Å². The number of aryl methyl sites for hydroxylation is 2. The van der Waals surface area contributed by atoms with Crippen molar-refractivity contribution in [3.05, 3.63) is 77.1 Å². The Morgan fingerprint density at radius 3 is 2.08 bits per heavy atom. The first-order valence-corrected chi connectivity index (χ1v) is 7.72. The molecule has 0 atom stereocenters.